The van der Waals surface area contributed by atoms with Gasteiger partial charge in [0.1, 0.15) is 0 Å². The second-order valence-corrected chi connectivity index (χ2v) is 17.9. The summed E-state index contributed by atoms with van der Waals surface area (Å²) in [6.45, 7) is 0. The van der Waals surface area contributed by atoms with Crippen molar-refractivity contribution in [3.8, 4) is 33.4 Å². The van der Waals surface area contributed by atoms with E-state index in [1.807, 2.05) is 0 Å². The Hall–Kier alpha value is -3.87. The summed E-state index contributed by atoms with van der Waals surface area (Å²) in [5.74, 6) is 0. The zero-order chi connectivity index (χ0) is 29.3. The van der Waals surface area contributed by atoms with Crippen molar-refractivity contribution in [1.82, 2.24) is 0 Å². The molecule has 0 fully saturated rings. The molecule has 0 unspecified atom stereocenters. The van der Waals surface area contributed by atoms with E-state index in [9.17, 15) is 0 Å². The van der Waals surface area contributed by atoms with Gasteiger partial charge >= 0.3 is 269 Å². The summed E-state index contributed by atoms with van der Waals surface area (Å²) >= 11 is -2.75. The zero-order valence-corrected chi connectivity index (χ0v) is 29.3. The molecule has 0 saturated heterocycles. The third-order valence-corrected chi connectivity index (χ3v) is 17.3. The van der Waals surface area contributed by atoms with Crippen LogP contribution < -0.4 is 24.8 Å². The molecule has 0 atom stereocenters. The van der Waals surface area contributed by atoms with Gasteiger partial charge in [-0.25, -0.2) is 0 Å². The fourth-order valence-corrected chi connectivity index (χ4v) is 16.0. The van der Waals surface area contributed by atoms with Crippen LogP contribution in [0.5, 0.6) is 0 Å². The van der Waals surface area contributed by atoms with E-state index in [4.69, 9.17) is 0 Å². The van der Waals surface area contributed by atoms with Gasteiger partial charge in [-0.1, -0.05) is 0 Å². The van der Waals surface area contributed by atoms with Crippen LogP contribution in [0, 0.1) is 0 Å². The Bertz CT molecular complexity index is 1930. The second-order valence-electron chi connectivity index (χ2n) is 11.6. The Morgan fingerprint density at radius 2 is 0.913 bits per heavy atom. The summed E-state index contributed by atoms with van der Waals surface area (Å²) in [7, 11) is 0. The number of hydrogen-bond acceptors (Lipinski definition) is 0. The van der Waals surface area contributed by atoms with E-state index in [2.05, 4.69) is 176 Å². The Balaban J connectivity index is 0.00000186. The summed E-state index contributed by atoms with van der Waals surface area (Å²) in [4.78, 5) is 0. The minimum atomic E-state index is -2.75. The van der Waals surface area contributed by atoms with Gasteiger partial charge in [-0.05, 0) is 0 Å². The third-order valence-electron chi connectivity index (χ3n) is 9.03. The first kappa shape index (κ1) is 32.1. The molecule has 2 aliphatic rings. The molecular weight excluding hydrogens is 679 g/mol. The molecule has 6 aromatic rings. The third kappa shape index (κ3) is 6.01. The molecule has 46 heavy (non-hydrogen) atoms. The topological polar surface area (TPSA) is 0 Å². The van der Waals surface area contributed by atoms with Gasteiger partial charge in [-0.15, -0.1) is 0 Å². The molecule has 0 saturated carbocycles. The molecule has 2 aliphatic carbocycles. The molecule has 0 amide bonds. The van der Waals surface area contributed by atoms with Crippen molar-refractivity contribution in [2.24, 2.45) is 0 Å². The molecule has 0 nitrogen and oxygen atoms in total. The quantitative estimate of drug-likeness (QED) is 0.233. The van der Waals surface area contributed by atoms with Crippen molar-refractivity contribution in [2.45, 2.75) is 10.0 Å². The molecule has 3 heteroatoms. The van der Waals surface area contributed by atoms with Gasteiger partial charge in [0.2, 0.25) is 0 Å². The monoisotopic (exact) mass is 708 g/mol. The predicted octanol–water partition coefficient (Wildman–Crippen LogP) is 4.83. The Labute approximate surface area is 292 Å². The maximum absolute atomic E-state index is 2.75. The van der Waals surface area contributed by atoms with Crippen LogP contribution in [-0.4, -0.2) is 3.21 Å². The molecule has 0 bridgehead atoms. The standard InChI is InChI=1S/C25H17.C13H10.C5H5.2ClH.Zr/c1-3-7-18(8-4-1)20-11-13-24-22(15-20)17-23-16-21(12-14-25(23)24)19-9-5-2-6-10-19;1-3-7-12(8-4-1)11-13-9-5-2-6-10-13;1-2-4-5-3-1;;;/h1-17H;1-10H;1-3H,4H2;2*1H;/q;;;;;+2/p-2. The summed E-state index contributed by atoms with van der Waals surface area (Å²) in [6, 6.07) is 58.7. The number of allylic oxidation sites excluding steroid dienone is 4. The van der Waals surface area contributed by atoms with E-state index in [1.165, 1.54) is 55.6 Å². The van der Waals surface area contributed by atoms with Crippen LogP contribution in [-0.2, 0) is 21.3 Å². The minimum absolute atomic E-state index is 0. The van der Waals surface area contributed by atoms with Crippen molar-refractivity contribution in [1.29, 1.82) is 0 Å². The molecule has 8 rings (SSSR count). The van der Waals surface area contributed by atoms with Crippen LogP contribution >= 0.6 is 0 Å². The first-order valence-electron chi connectivity index (χ1n) is 15.5. The molecular formula is C43H32Cl2Zr. The van der Waals surface area contributed by atoms with Crippen LogP contribution in [0.2, 0.25) is 0 Å². The van der Waals surface area contributed by atoms with E-state index >= 15 is 0 Å². The maximum Gasteiger partial charge on any atom is -1.00 e. The van der Waals surface area contributed by atoms with Crippen molar-refractivity contribution >= 4 is 3.21 Å². The maximum atomic E-state index is 2.52. The number of benzene rings is 6. The molecule has 0 heterocycles. The molecule has 0 aromatic heterocycles. The Morgan fingerprint density at radius 1 is 0.478 bits per heavy atom. The second kappa shape index (κ2) is 14.3. The van der Waals surface area contributed by atoms with Gasteiger partial charge in [0.15, 0.2) is 0 Å². The van der Waals surface area contributed by atoms with Gasteiger partial charge in [0.25, 0.3) is 0 Å². The summed E-state index contributed by atoms with van der Waals surface area (Å²) in [5.41, 5.74) is 13.7. The Morgan fingerprint density at radius 3 is 1.33 bits per heavy atom. The predicted molar refractivity (Wildman–Crippen MR) is 183 cm³/mol. The fourth-order valence-electron chi connectivity index (χ4n) is 7.02. The zero-order valence-electron chi connectivity index (χ0n) is 25.3. The van der Waals surface area contributed by atoms with Crippen molar-refractivity contribution < 1.29 is 46.1 Å². The minimum Gasteiger partial charge on any atom is -1.00 e. The van der Waals surface area contributed by atoms with E-state index in [0.29, 0.717) is 3.63 Å². The van der Waals surface area contributed by atoms with Crippen LogP contribution in [0.25, 0.3) is 33.4 Å². The number of halogens is 2. The molecule has 0 radical (unpaired) electrons. The van der Waals surface area contributed by atoms with Gasteiger partial charge in [0.05, 0.1) is 0 Å². The van der Waals surface area contributed by atoms with E-state index in [1.54, 1.807) is 6.49 Å². The van der Waals surface area contributed by atoms with Gasteiger partial charge in [-0.2, -0.15) is 0 Å². The Kier molecular flexibility index (Phi) is 9.96. The van der Waals surface area contributed by atoms with Crippen LogP contribution in [0.1, 0.15) is 32.3 Å². The fraction of sp³-hybridized carbons (Fsp3) is 0.0465. The van der Waals surface area contributed by atoms with Gasteiger partial charge in [0, 0.05) is 0 Å². The smallest absolute Gasteiger partial charge is 1.00 e. The van der Waals surface area contributed by atoms with Crippen LogP contribution in [0.15, 0.2) is 179 Å². The van der Waals surface area contributed by atoms with Gasteiger partial charge in [-0.3, -0.25) is 0 Å². The summed E-state index contributed by atoms with van der Waals surface area (Å²) in [5, 5.41) is 0. The summed E-state index contributed by atoms with van der Waals surface area (Å²) < 4.78 is 3.60. The van der Waals surface area contributed by atoms with E-state index in [0.717, 1.165) is 6.42 Å². The number of fused-ring (bicyclic) bond motifs is 3. The van der Waals surface area contributed by atoms with Crippen LogP contribution in [0.4, 0.5) is 0 Å². The van der Waals surface area contributed by atoms with E-state index in [-0.39, 0.29) is 24.8 Å². The van der Waals surface area contributed by atoms with Gasteiger partial charge < -0.3 is 24.8 Å². The molecule has 0 spiro atoms. The van der Waals surface area contributed by atoms with Crippen molar-refractivity contribution in [3.05, 3.63) is 201 Å². The van der Waals surface area contributed by atoms with Crippen molar-refractivity contribution in [3.63, 3.8) is 0 Å². The largest absolute Gasteiger partial charge is 1.00 e. The van der Waals surface area contributed by atoms with Crippen LogP contribution in [0.3, 0.4) is 0 Å². The molecule has 6 aromatic carbocycles. The van der Waals surface area contributed by atoms with E-state index < -0.39 is 21.3 Å². The summed E-state index contributed by atoms with van der Waals surface area (Å²) in [6.07, 6.45) is 8.17. The first-order valence-corrected chi connectivity index (χ1v) is 19.3. The molecule has 0 aliphatic heterocycles. The van der Waals surface area contributed by atoms with Crippen molar-refractivity contribution in [2.75, 3.05) is 0 Å². The average molecular weight is 711 g/mol. The average Bonchev–Trinajstić information content (AvgIpc) is 3.75. The molecule has 222 valence electrons. The SMILES string of the molecule is C1=CC[C]([Zr+2](=[C](c2ccccc2)c2ccccc2)[CH]2c3cc(-c4ccccc4)ccc3-c3ccc(-c4ccccc4)cc32)=C1.[Cl-].[Cl-]. The number of rotatable bonds is 6. The molecule has 0 N–H and O–H groups in total. The number of hydrogen-bond donors (Lipinski definition) is 0. The first-order chi connectivity index (χ1) is 21.8. The normalized spacial score (nSPS) is 12.5.